The summed E-state index contributed by atoms with van der Waals surface area (Å²) in [5, 5.41) is 2.29. The first-order valence-corrected chi connectivity index (χ1v) is 12.1. The van der Waals surface area contributed by atoms with E-state index in [1.165, 1.54) is 0 Å². The molecule has 3 aromatic carbocycles. The van der Waals surface area contributed by atoms with Crippen LogP contribution in [0.25, 0.3) is 17.0 Å². The van der Waals surface area contributed by atoms with Crippen molar-refractivity contribution >= 4 is 46.0 Å². The number of ketones is 1. The fourth-order valence-electron chi connectivity index (χ4n) is 4.90. The molecule has 0 saturated carbocycles. The van der Waals surface area contributed by atoms with Gasteiger partial charge in [0, 0.05) is 52.8 Å². The van der Waals surface area contributed by atoms with Gasteiger partial charge in [0.05, 0.1) is 11.1 Å². The lowest BCUT2D eigenvalue weighted by atomic mass is 9.98. The SMILES string of the molecule is Cc1cc2c(c3c1C(=O)/C(=C/c1cn(C)c4ccccc14)O3)CN(Cc1ccc(Cl)cc1Cl)CO2. The number of halogens is 2. The normalized spacial score (nSPS) is 16.3. The molecule has 35 heavy (non-hydrogen) atoms. The maximum atomic E-state index is 13.4. The minimum Gasteiger partial charge on any atom is -0.478 e. The second-order valence-corrected chi connectivity index (χ2v) is 9.87. The van der Waals surface area contributed by atoms with Crippen LogP contribution in [-0.4, -0.2) is 22.0 Å². The van der Waals surface area contributed by atoms with Crippen LogP contribution in [0.1, 0.15) is 32.6 Å². The van der Waals surface area contributed by atoms with E-state index in [1.807, 2.05) is 56.6 Å². The molecule has 5 nitrogen and oxygen atoms in total. The Morgan fingerprint density at radius 2 is 1.94 bits per heavy atom. The van der Waals surface area contributed by atoms with E-state index >= 15 is 0 Å². The minimum atomic E-state index is -0.105. The van der Waals surface area contributed by atoms with Crippen molar-refractivity contribution in [2.75, 3.05) is 6.73 Å². The number of benzene rings is 3. The summed E-state index contributed by atoms with van der Waals surface area (Å²) in [6, 6.07) is 15.5. The lowest BCUT2D eigenvalue weighted by Gasteiger charge is -2.30. The highest BCUT2D eigenvalue weighted by Crippen LogP contribution is 2.44. The van der Waals surface area contributed by atoms with Crippen molar-refractivity contribution in [2.45, 2.75) is 20.0 Å². The Kier molecular flexibility index (Phi) is 5.37. The third kappa shape index (κ3) is 3.80. The summed E-state index contributed by atoms with van der Waals surface area (Å²) in [5.41, 5.74) is 5.32. The number of hydrogen-bond donors (Lipinski definition) is 0. The molecule has 7 heteroatoms. The zero-order valence-electron chi connectivity index (χ0n) is 19.3. The van der Waals surface area contributed by atoms with Crippen molar-refractivity contribution < 1.29 is 14.3 Å². The number of aryl methyl sites for hydroxylation is 2. The third-order valence-corrected chi connectivity index (χ3v) is 7.20. The van der Waals surface area contributed by atoms with Gasteiger partial charge < -0.3 is 14.0 Å². The molecular formula is C28H22Cl2N2O3. The molecule has 0 atom stereocenters. The summed E-state index contributed by atoms with van der Waals surface area (Å²) < 4.78 is 14.4. The van der Waals surface area contributed by atoms with Crippen molar-refractivity contribution in [3.63, 3.8) is 0 Å². The third-order valence-electron chi connectivity index (χ3n) is 6.61. The molecule has 2 aliphatic heterocycles. The van der Waals surface area contributed by atoms with Gasteiger partial charge in [-0.1, -0.05) is 47.5 Å². The van der Waals surface area contributed by atoms with Gasteiger partial charge in [0.2, 0.25) is 5.78 Å². The number of para-hydroxylation sites is 1. The van der Waals surface area contributed by atoms with Crippen molar-refractivity contribution in [1.82, 2.24) is 9.47 Å². The molecule has 4 aromatic rings. The van der Waals surface area contributed by atoms with Gasteiger partial charge in [-0.3, -0.25) is 9.69 Å². The smallest absolute Gasteiger partial charge is 0.232 e. The lowest BCUT2D eigenvalue weighted by Crippen LogP contribution is -2.32. The zero-order chi connectivity index (χ0) is 24.3. The quantitative estimate of drug-likeness (QED) is 0.289. The fourth-order valence-corrected chi connectivity index (χ4v) is 5.37. The van der Waals surface area contributed by atoms with E-state index in [2.05, 4.69) is 21.6 Å². The summed E-state index contributed by atoms with van der Waals surface area (Å²) in [6.45, 7) is 3.50. The van der Waals surface area contributed by atoms with Gasteiger partial charge in [0.1, 0.15) is 18.2 Å². The minimum absolute atomic E-state index is 0.105. The Morgan fingerprint density at radius 3 is 2.77 bits per heavy atom. The Balaban J connectivity index is 1.35. The highest BCUT2D eigenvalue weighted by Gasteiger charge is 2.35. The molecule has 0 fully saturated rings. The van der Waals surface area contributed by atoms with Gasteiger partial charge in [0.25, 0.3) is 0 Å². The highest BCUT2D eigenvalue weighted by molar-refractivity contribution is 6.35. The molecule has 0 amide bonds. The van der Waals surface area contributed by atoms with E-state index in [9.17, 15) is 4.79 Å². The van der Waals surface area contributed by atoms with Gasteiger partial charge in [-0.05, 0) is 48.4 Å². The Labute approximate surface area is 213 Å². The number of aromatic nitrogens is 1. The summed E-state index contributed by atoms with van der Waals surface area (Å²) in [6.07, 6.45) is 3.85. The van der Waals surface area contributed by atoms with E-state index in [-0.39, 0.29) is 5.78 Å². The second-order valence-electron chi connectivity index (χ2n) is 9.02. The molecule has 6 rings (SSSR count). The summed E-state index contributed by atoms with van der Waals surface area (Å²) >= 11 is 12.4. The lowest BCUT2D eigenvalue weighted by molar-refractivity contribution is 0.0872. The first kappa shape index (κ1) is 22.2. The van der Waals surface area contributed by atoms with Crippen LogP contribution in [0.2, 0.25) is 10.0 Å². The van der Waals surface area contributed by atoms with Gasteiger partial charge in [-0.25, -0.2) is 0 Å². The van der Waals surface area contributed by atoms with Crippen LogP contribution in [0.15, 0.2) is 60.5 Å². The monoisotopic (exact) mass is 504 g/mol. The standard InChI is InChI=1S/C28H22Cl2N2O3/c1-16-9-24-21(14-32(15-34-24)13-17-7-8-19(29)11-22(17)30)28-26(16)27(33)25(35-28)10-18-12-31(2)23-6-4-3-5-20(18)23/h3-12H,13-15H2,1-2H3/b25-10-. The van der Waals surface area contributed by atoms with Gasteiger partial charge in [-0.15, -0.1) is 0 Å². The number of hydrogen-bond acceptors (Lipinski definition) is 4. The molecule has 0 radical (unpaired) electrons. The average molecular weight is 505 g/mol. The Bertz CT molecular complexity index is 1550. The largest absolute Gasteiger partial charge is 0.478 e. The number of nitrogens with zero attached hydrogens (tertiary/aromatic N) is 2. The number of carbonyl (C=O) groups excluding carboxylic acids is 1. The van der Waals surface area contributed by atoms with Crippen LogP contribution in [0.4, 0.5) is 0 Å². The number of fused-ring (bicyclic) bond motifs is 4. The maximum Gasteiger partial charge on any atom is 0.232 e. The average Bonchev–Trinajstić information content (AvgIpc) is 3.34. The molecule has 0 saturated heterocycles. The summed E-state index contributed by atoms with van der Waals surface area (Å²) in [5.74, 6) is 1.55. The van der Waals surface area contributed by atoms with Crippen LogP contribution in [-0.2, 0) is 20.1 Å². The Hall–Kier alpha value is -3.25. The van der Waals surface area contributed by atoms with Gasteiger partial charge >= 0.3 is 0 Å². The molecule has 0 bridgehead atoms. The van der Waals surface area contributed by atoms with E-state index in [0.717, 1.165) is 38.9 Å². The molecule has 1 aromatic heterocycles. The molecule has 3 heterocycles. The predicted octanol–water partition coefficient (Wildman–Crippen LogP) is 6.76. The van der Waals surface area contributed by atoms with Crippen molar-refractivity contribution in [3.05, 3.63) is 98.3 Å². The number of Topliss-reactive ketones (excluding diaryl/α,β-unsaturated/α-hetero) is 1. The van der Waals surface area contributed by atoms with Gasteiger partial charge in [0.15, 0.2) is 5.76 Å². The first-order chi connectivity index (χ1) is 16.9. The van der Waals surface area contributed by atoms with E-state index in [1.54, 1.807) is 6.07 Å². The van der Waals surface area contributed by atoms with E-state index in [4.69, 9.17) is 32.7 Å². The molecule has 0 unspecified atom stereocenters. The molecule has 176 valence electrons. The van der Waals surface area contributed by atoms with Gasteiger partial charge in [-0.2, -0.15) is 0 Å². The maximum absolute atomic E-state index is 13.4. The van der Waals surface area contributed by atoms with Crippen molar-refractivity contribution in [3.8, 4) is 11.5 Å². The van der Waals surface area contributed by atoms with Crippen LogP contribution >= 0.6 is 23.2 Å². The second kappa shape index (κ2) is 8.45. The number of carbonyl (C=O) groups is 1. The number of allylic oxidation sites excluding steroid dienone is 1. The van der Waals surface area contributed by atoms with Crippen LogP contribution in [0.5, 0.6) is 11.5 Å². The molecule has 0 spiro atoms. The van der Waals surface area contributed by atoms with E-state index < -0.39 is 0 Å². The highest BCUT2D eigenvalue weighted by atomic mass is 35.5. The first-order valence-electron chi connectivity index (χ1n) is 11.3. The van der Waals surface area contributed by atoms with Crippen LogP contribution < -0.4 is 9.47 Å². The molecule has 0 aliphatic carbocycles. The molecular weight excluding hydrogens is 483 g/mol. The zero-order valence-corrected chi connectivity index (χ0v) is 20.8. The van der Waals surface area contributed by atoms with Crippen LogP contribution in [0, 0.1) is 6.92 Å². The van der Waals surface area contributed by atoms with Crippen molar-refractivity contribution in [1.29, 1.82) is 0 Å². The molecule has 0 N–H and O–H groups in total. The topological polar surface area (TPSA) is 43.7 Å². The molecule has 2 aliphatic rings. The number of rotatable bonds is 3. The summed E-state index contributed by atoms with van der Waals surface area (Å²) in [4.78, 5) is 15.5. The predicted molar refractivity (Wildman–Crippen MR) is 138 cm³/mol. The Morgan fingerprint density at radius 1 is 1.11 bits per heavy atom. The van der Waals surface area contributed by atoms with Crippen molar-refractivity contribution in [2.24, 2.45) is 7.05 Å². The van der Waals surface area contributed by atoms with Crippen LogP contribution in [0.3, 0.4) is 0 Å². The van der Waals surface area contributed by atoms with E-state index in [0.29, 0.717) is 46.9 Å². The fraction of sp³-hybridized carbons (Fsp3) is 0.179. The summed E-state index contributed by atoms with van der Waals surface area (Å²) in [7, 11) is 2.00. The number of ether oxygens (including phenoxy) is 2.